The van der Waals surface area contributed by atoms with Crippen molar-refractivity contribution in [3.05, 3.63) is 57.4 Å². The third-order valence-corrected chi connectivity index (χ3v) is 10.2. The molecule has 1 spiro atoms. The van der Waals surface area contributed by atoms with Gasteiger partial charge in [0.1, 0.15) is 0 Å². The van der Waals surface area contributed by atoms with Crippen LogP contribution in [0.15, 0.2) is 24.3 Å². The summed E-state index contributed by atoms with van der Waals surface area (Å²) in [6.45, 7) is 7.55. The predicted molar refractivity (Wildman–Crippen MR) is 167 cm³/mol. The summed E-state index contributed by atoms with van der Waals surface area (Å²) in [5, 5.41) is 13.9. The van der Waals surface area contributed by atoms with E-state index in [1.165, 1.54) is 22.9 Å². The SMILES string of the molecule is CC.O=C(O)C1CC=C(c2nn(C(=O)c3c(Cl)cccc3C3(C(F)(F)F)CC3)c3c2CCCC3)CC1.O=CN1CCC2(COC2)C1. The maximum absolute atomic E-state index is 13.9. The molecule has 250 valence electrons. The van der Waals surface area contributed by atoms with Gasteiger partial charge in [-0.3, -0.25) is 14.4 Å². The van der Waals surface area contributed by atoms with Gasteiger partial charge in [-0.15, -0.1) is 0 Å². The number of halogens is 4. The number of hydrogen-bond donors (Lipinski definition) is 1. The average Bonchev–Trinajstić information content (AvgIpc) is 3.60. The molecule has 2 aliphatic heterocycles. The summed E-state index contributed by atoms with van der Waals surface area (Å²) in [6.07, 6.45) is 3.83. The molecular weight excluding hydrogens is 623 g/mol. The van der Waals surface area contributed by atoms with Gasteiger partial charge in [-0.05, 0) is 81.4 Å². The van der Waals surface area contributed by atoms with Crippen LogP contribution in [0.25, 0.3) is 5.57 Å². The lowest BCUT2D eigenvalue weighted by atomic mass is 9.85. The average molecular weight is 664 g/mol. The number of carboxylic acid groups (broad SMARTS) is 1. The number of alkyl halides is 3. The third kappa shape index (κ3) is 6.37. The zero-order valence-electron chi connectivity index (χ0n) is 26.3. The van der Waals surface area contributed by atoms with Gasteiger partial charge >= 0.3 is 12.1 Å². The molecule has 0 bridgehead atoms. The number of nitrogens with zero attached hydrogens (tertiary/aromatic N) is 3. The molecule has 1 N–H and O–H groups in total. The van der Waals surface area contributed by atoms with Crippen molar-refractivity contribution in [3.63, 3.8) is 0 Å². The zero-order valence-corrected chi connectivity index (χ0v) is 27.1. The molecule has 1 amide bonds. The van der Waals surface area contributed by atoms with Gasteiger partial charge in [-0.25, -0.2) is 0 Å². The zero-order chi connectivity index (χ0) is 33.3. The standard InChI is InChI=1S/C25H24ClF3N2O3.C7H11NO2.C2H6/c26-18-6-3-5-17(24(12-13-24)25(27,28)29)20(18)22(32)31-19-7-2-1-4-16(19)21(30-31)14-8-10-15(11-9-14)23(33)34;9-6-8-2-1-7(3-8)4-10-5-7;1-2/h3,5-6,8,15H,1-2,4,7,9-13H2,(H,33,34);6H,1-5H2;1-2H3. The molecule has 1 saturated carbocycles. The van der Waals surface area contributed by atoms with Crippen LogP contribution >= 0.6 is 11.6 Å². The Balaban J connectivity index is 0.000000291. The van der Waals surface area contributed by atoms with Gasteiger partial charge in [0.2, 0.25) is 6.41 Å². The number of fused-ring (bicyclic) bond motifs is 1. The normalized spacial score (nSPS) is 22.3. The lowest BCUT2D eigenvalue weighted by molar-refractivity contribution is -0.160. The van der Waals surface area contributed by atoms with Crippen LogP contribution in [0.1, 0.15) is 98.1 Å². The molecule has 7 rings (SSSR count). The molecule has 5 aliphatic rings. The fraction of sp³-hybridized carbons (Fsp3) is 0.588. The third-order valence-electron chi connectivity index (χ3n) is 9.91. The molecule has 8 nitrogen and oxygen atoms in total. The first-order chi connectivity index (χ1) is 22.0. The van der Waals surface area contributed by atoms with Crippen molar-refractivity contribution in [2.75, 3.05) is 26.3 Å². The van der Waals surface area contributed by atoms with Crippen molar-refractivity contribution >= 4 is 35.5 Å². The lowest BCUT2D eigenvalue weighted by Gasteiger charge is -2.37. The number of amides is 1. The van der Waals surface area contributed by atoms with Crippen LogP contribution in [-0.4, -0.2) is 70.6 Å². The molecular formula is C34H41ClF3N3O5. The van der Waals surface area contributed by atoms with E-state index < -0.39 is 29.4 Å². The van der Waals surface area contributed by atoms with Crippen LogP contribution in [0.2, 0.25) is 5.02 Å². The summed E-state index contributed by atoms with van der Waals surface area (Å²) in [6, 6.07) is 4.25. The highest BCUT2D eigenvalue weighted by Crippen LogP contribution is 2.60. The lowest BCUT2D eigenvalue weighted by Crippen LogP contribution is -2.44. The summed E-state index contributed by atoms with van der Waals surface area (Å²) in [4.78, 5) is 37.2. The van der Waals surface area contributed by atoms with E-state index in [1.54, 1.807) is 0 Å². The molecule has 3 aliphatic carbocycles. The first-order valence-corrected chi connectivity index (χ1v) is 16.6. The minimum absolute atomic E-state index is 0.0131. The van der Waals surface area contributed by atoms with Gasteiger partial charge in [0.15, 0.2) is 0 Å². The molecule has 3 heterocycles. The van der Waals surface area contributed by atoms with E-state index in [-0.39, 0.29) is 29.0 Å². The Morgan fingerprint density at radius 2 is 1.83 bits per heavy atom. The highest BCUT2D eigenvalue weighted by atomic mass is 35.5. The van der Waals surface area contributed by atoms with E-state index in [1.807, 2.05) is 24.8 Å². The van der Waals surface area contributed by atoms with Crippen molar-refractivity contribution in [3.8, 4) is 0 Å². The van der Waals surface area contributed by atoms with Gasteiger partial charge in [-0.1, -0.05) is 43.7 Å². The number of aromatic nitrogens is 2. The first-order valence-electron chi connectivity index (χ1n) is 16.2. The van der Waals surface area contributed by atoms with Gasteiger partial charge < -0.3 is 14.7 Å². The highest BCUT2D eigenvalue weighted by Gasteiger charge is 2.65. The van der Waals surface area contributed by atoms with Crippen molar-refractivity contribution < 1.29 is 37.4 Å². The number of carboxylic acids is 1. The van der Waals surface area contributed by atoms with Crippen molar-refractivity contribution in [1.29, 1.82) is 0 Å². The van der Waals surface area contributed by atoms with E-state index in [0.717, 1.165) is 75.2 Å². The van der Waals surface area contributed by atoms with E-state index in [4.69, 9.17) is 16.3 Å². The van der Waals surface area contributed by atoms with Crippen LogP contribution < -0.4 is 0 Å². The second-order valence-electron chi connectivity index (χ2n) is 12.8. The highest BCUT2D eigenvalue weighted by molar-refractivity contribution is 6.34. The largest absolute Gasteiger partial charge is 0.481 e. The Labute approximate surface area is 271 Å². The summed E-state index contributed by atoms with van der Waals surface area (Å²) in [7, 11) is 0. The second-order valence-corrected chi connectivity index (χ2v) is 13.2. The van der Waals surface area contributed by atoms with E-state index >= 15 is 0 Å². The number of hydrogen-bond acceptors (Lipinski definition) is 5. The van der Waals surface area contributed by atoms with Crippen molar-refractivity contribution in [1.82, 2.24) is 14.7 Å². The van der Waals surface area contributed by atoms with Gasteiger partial charge in [0, 0.05) is 24.1 Å². The van der Waals surface area contributed by atoms with Crippen LogP contribution in [-0.2, 0) is 32.6 Å². The number of likely N-dealkylation sites (tertiary alicyclic amines) is 1. The van der Waals surface area contributed by atoms with E-state index in [0.29, 0.717) is 36.8 Å². The quantitative estimate of drug-likeness (QED) is 0.351. The second kappa shape index (κ2) is 13.5. The fourth-order valence-corrected chi connectivity index (χ4v) is 7.32. The molecule has 1 unspecified atom stereocenters. The molecule has 1 aromatic heterocycles. The summed E-state index contributed by atoms with van der Waals surface area (Å²) >= 11 is 6.35. The fourth-order valence-electron chi connectivity index (χ4n) is 7.06. The Hall–Kier alpha value is -3.18. The first kappa shape index (κ1) is 34.2. The van der Waals surface area contributed by atoms with Gasteiger partial charge in [0.25, 0.3) is 5.91 Å². The van der Waals surface area contributed by atoms with Crippen molar-refractivity contribution in [2.24, 2.45) is 11.3 Å². The van der Waals surface area contributed by atoms with Crippen LogP contribution in [0.4, 0.5) is 13.2 Å². The number of aliphatic carboxylic acids is 1. The number of benzene rings is 1. The predicted octanol–water partition coefficient (Wildman–Crippen LogP) is 6.86. The topological polar surface area (TPSA) is 102 Å². The maximum Gasteiger partial charge on any atom is 0.398 e. The Bertz CT molecular complexity index is 1510. The summed E-state index contributed by atoms with van der Waals surface area (Å²) in [5.41, 5.74) is 1.32. The molecule has 3 fully saturated rings. The van der Waals surface area contributed by atoms with E-state index in [9.17, 15) is 32.7 Å². The smallest absolute Gasteiger partial charge is 0.398 e. The summed E-state index contributed by atoms with van der Waals surface area (Å²) in [5.74, 6) is -1.91. The number of ether oxygens (including phenoxy) is 1. The van der Waals surface area contributed by atoms with E-state index in [2.05, 4.69) is 5.10 Å². The minimum Gasteiger partial charge on any atom is -0.481 e. The molecule has 1 atom stereocenters. The maximum atomic E-state index is 13.9. The Kier molecular flexibility index (Phi) is 10.0. The van der Waals surface area contributed by atoms with Crippen LogP contribution in [0, 0.1) is 11.3 Å². The van der Waals surface area contributed by atoms with Crippen LogP contribution in [0.5, 0.6) is 0 Å². The van der Waals surface area contributed by atoms with Gasteiger partial charge in [-0.2, -0.15) is 23.0 Å². The number of carbonyl (C=O) groups excluding carboxylic acids is 2. The monoisotopic (exact) mass is 663 g/mol. The molecule has 2 saturated heterocycles. The van der Waals surface area contributed by atoms with Crippen LogP contribution in [0.3, 0.4) is 0 Å². The minimum atomic E-state index is -4.48. The Morgan fingerprint density at radius 1 is 1.11 bits per heavy atom. The molecule has 2 aromatic rings. The van der Waals surface area contributed by atoms with Gasteiger partial charge in [0.05, 0.1) is 46.5 Å². The Morgan fingerprint density at radius 3 is 2.35 bits per heavy atom. The van der Waals surface area contributed by atoms with Crippen molar-refractivity contribution in [2.45, 2.75) is 89.6 Å². The molecule has 46 heavy (non-hydrogen) atoms. The molecule has 1 aromatic carbocycles. The number of carbonyl (C=O) groups is 3. The number of rotatable bonds is 5. The summed E-state index contributed by atoms with van der Waals surface area (Å²) < 4.78 is 48.2. The molecule has 12 heteroatoms. The number of allylic oxidation sites excluding steroid dienone is 2. The molecule has 0 radical (unpaired) electrons.